The molecule has 0 saturated carbocycles. The first-order valence-electron chi connectivity index (χ1n) is 6.59. The van der Waals surface area contributed by atoms with Gasteiger partial charge in [-0.25, -0.2) is 4.68 Å². The Bertz CT molecular complexity index is 770. The summed E-state index contributed by atoms with van der Waals surface area (Å²) in [6.07, 6.45) is 0. The number of carbonyl (C=O) groups is 1. The van der Waals surface area contributed by atoms with Gasteiger partial charge in [0.1, 0.15) is 6.54 Å². The summed E-state index contributed by atoms with van der Waals surface area (Å²) in [4.78, 5) is 12.1. The molecular formula is C15H12IN5O. The van der Waals surface area contributed by atoms with E-state index >= 15 is 0 Å². The van der Waals surface area contributed by atoms with Gasteiger partial charge in [-0.05, 0) is 57.3 Å². The quantitative estimate of drug-likeness (QED) is 0.678. The number of benzene rings is 2. The molecule has 0 saturated heterocycles. The van der Waals surface area contributed by atoms with Crippen LogP contribution >= 0.6 is 22.6 Å². The maximum atomic E-state index is 12.1. The van der Waals surface area contributed by atoms with Crippen molar-refractivity contribution in [3.63, 3.8) is 0 Å². The summed E-state index contributed by atoms with van der Waals surface area (Å²) < 4.78 is 2.60. The van der Waals surface area contributed by atoms with Crippen LogP contribution in [0.15, 0.2) is 54.6 Å². The summed E-state index contributed by atoms with van der Waals surface area (Å²) in [5.41, 5.74) is 1.62. The van der Waals surface area contributed by atoms with Crippen molar-refractivity contribution in [2.24, 2.45) is 0 Å². The number of nitrogens with one attached hydrogen (secondary N) is 1. The fourth-order valence-electron chi connectivity index (χ4n) is 1.97. The van der Waals surface area contributed by atoms with Crippen molar-refractivity contribution in [2.45, 2.75) is 6.54 Å². The molecule has 1 N–H and O–H groups in total. The Morgan fingerprint density at radius 3 is 2.55 bits per heavy atom. The van der Waals surface area contributed by atoms with Crippen LogP contribution in [0, 0.1) is 3.57 Å². The molecule has 110 valence electrons. The van der Waals surface area contributed by atoms with E-state index in [4.69, 9.17) is 0 Å². The number of nitrogens with zero attached hydrogens (tertiary/aromatic N) is 4. The van der Waals surface area contributed by atoms with Gasteiger partial charge in [0.05, 0.1) is 0 Å². The van der Waals surface area contributed by atoms with E-state index in [1.165, 1.54) is 4.68 Å². The molecule has 1 aromatic heterocycles. The Morgan fingerprint density at radius 1 is 1.09 bits per heavy atom. The summed E-state index contributed by atoms with van der Waals surface area (Å²) in [7, 11) is 0. The predicted octanol–water partition coefficient (Wildman–Crippen LogP) is 2.58. The normalized spacial score (nSPS) is 10.4. The van der Waals surface area contributed by atoms with Crippen molar-refractivity contribution in [1.82, 2.24) is 20.2 Å². The highest BCUT2D eigenvalue weighted by molar-refractivity contribution is 14.1. The van der Waals surface area contributed by atoms with Crippen LogP contribution in [-0.2, 0) is 11.3 Å². The maximum absolute atomic E-state index is 12.1. The molecule has 7 heteroatoms. The molecule has 2 aromatic carbocycles. The summed E-state index contributed by atoms with van der Waals surface area (Å²) in [5, 5.41) is 14.3. The van der Waals surface area contributed by atoms with Crippen molar-refractivity contribution < 1.29 is 4.79 Å². The zero-order chi connectivity index (χ0) is 15.4. The zero-order valence-electron chi connectivity index (χ0n) is 11.5. The van der Waals surface area contributed by atoms with Gasteiger partial charge in [0.25, 0.3) is 0 Å². The molecule has 1 amide bonds. The van der Waals surface area contributed by atoms with Gasteiger partial charge in [0, 0.05) is 14.8 Å². The minimum Gasteiger partial charge on any atom is -0.324 e. The van der Waals surface area contributed by atoms with Gasteiger partial charge in [-0.15, -0.1) is 5.10 Å². The minimum absolute atomic E-state index is 0.0587. The van der Waals surface area contributed by atoms with Gasteiger partial charge >= 0.3 is 0 Å². The van der Waals surface area contributed by atoms with Gasteiger partial charge in [-0.3, -0.25) is 4.79 Å². The summed E-state index contributed by atoms with van der Waals surface area (Å²) in [6.45, 7) is 0.0587. The lowest BCUT2D eigenvalue weighted by Crippen LogP contribution is -2.20. The second-order valence-corrected chi connectivity index (χ2v) is 5.83. The Labute approximate surface area is 140 Å². The van der Waals surface area contributed by atoms with E-state index in [-0.39, 0.29) is 12.5 Å². The van der Waals surface area contributed by atoms with Crippen molar-refractivity contribution in [2.75, 3.05) is 5.32 Å². The molecule has 0 aliphatic carbocycles. The van der Waals surface area contributed by atoms with Crippen LogP contribution in [0.5, 0.6) is 0 Å². The molecule has 0 spiro atoms. The number of hydrogen-bond acceptors (Lipinski definition) is 4. The number of aromatic nitrogens is 4. The maximum Gasteiger partial charge on any atom is 0.246 e. The van der Waals surface area contributed by atoms with Gasteiger partial charge < -0.3 is 5.32 Å². The predicted molar refractivity (Wildman–Crippen MR) is 91.0 cm³/mol. The highest BCUT2D eigenvalue weighted by Crippen LogP contribution is 2.15. The number of amides is 1. The van der Waals surface area contributed by atoms with Gasteiger partial charge in [-0.2, -0.15) is 0 Å². The first-order chi connectivity index (χ1) is 10.7. The number of anilines is 1. The molecule has 0 bridgehead atoms. The minimum atomic E-state index is -0.175. The first kappa shape index (κ1) is 14.6. The second kappa shape index (κ2) is 6.65. The van der Waals surface area contributed by atoms with E-state index in [9.17, 15) is 4.79 Å². The van der Waals surface area contributed by atoms with Gasteiger partial charge in [-0.1, -0.05) is 30.3 Å². The molecule has 0 atom stereocenters. The van der Waals surface area contributed by atoms with Crippen molar-refractivity contribution in [3.8, 4) is 11.4 Å². The molecule has 3 aromatic rings. The molecular weight excluding hydrogens is 393 g/mol. The third kappa shape index (κ3) is 3.48. The number of rotatable bonds is 4. The summed E-state index contributed by atoms with van der Waals surface area (Å²) in [5.74, 6) is 0.393. The standard InChI is InChI=1S/C15H12IN5O/c16-12-6-8-13(9-7-12)17-14(22)10-21-15(18-19-20-21)11-4-2-1-3-5-11/h1-9H,10H2,(H,17,22). The van der Waals surface area contributed by atoms with Crippen molar-refractivity contribution >= 4 is 34.2 Å². The lowest BCUT2D eigenvalue weighted by Gasteiger charge is -2.06. The van der Waals surface area contributed by atoms with E-state index in [0.29, 0.717) is 5.82 Å². The second-order valence-electron chi connectivity index (χ2n) is 4.58. The highest BCUT2D eigenvalue weighted by atomic mass is 127. The van der Waals surface area contributed by atoms with E-state index in [1.807, 2.05) is 54.6 Å². The molecule has 0 radical (unpaired) electrons. The number of hydrogen-bond donors (Lipinski definition) is 1. The van der Waals surface area contributed by atoms with Crippen LogP contribution in [0.3, 0.4) is 0 Å². The van der Waals surface area contributed by atoms with Crippen molar-refractivity contribution in [1.29, 1.82) is 0 Å². The number of halogens is 1. The van der Waals surface area contributed by atoms with Crippen molar-refractivity contribution in [3.05, 3.63) is 58.2 Å². The zero-order valence-corrected chi connectivity index (χ0v) is 13.6. The van der Waals surface area contributed by atoms with E-state index < -0.39 is 0 Å². The largest absolute Gasteiger partial charge is 0.324 e. The SMILES string of the molecule is O=C(Cn1nnnc1-c1ccccc1)Nc1ccc(I)cc1. The summed E-state index contributed by atoms with van der Waals surface area (Å²) in [6, 6.07) is 17.1. The average Bonchev–Trinajstić information content (AvgIpc) is 2.98. The molecule has 0 unspecified atom stereocenters. The Balaban J connectivity index is 1.73. The van der Waals surface area contributed by atoms with Crippen LogP contribution in [0.4, 0.5) is 5.69 Å². The lowest BCUT2D eigenvalue weighted by atomic mass is 10.2. The molecule has 6 nitrogen and oxygen atoms in total. The van der Waals surface area contributed by atoms with E-state index in [2.05, 4.69) is 43.4 Å². The number of carbonyl (C=O) groups excluding carboxylic acids is 1. The monoisotopic (exact) mass is 405 g/mol. The lowest BCUT2D eigenvalue weighted by molar-refractivity contribution is -0.116. The average molecular weight is 405 g/mol. The fraction of sp³-hybridized carbons (Fsp3) is 0.0667. The smallest absolute Gasteiger partial charge is 0.246 e. The van der Waals surface area contributed by atoms with Gasteiger partial charge in [0.2, 0.25) is 5.91 Å². The Hall–Kier alpha value is -2.29. The molecule has 3 rings (SSSR count). The third-order valence-electron chi connectivity index (χ3n) is 2.99. The molecule has 22 heavy (non-hydrogen) atoms. The number of tetrazole rings is 1. The molecule has 1 heterocycles. The molecule has 0 fully saturated rings. The fourth-order valence-corrected chi connectivity index (χ4v) is 2.33. The highest BCUT2D eigenvalue weighted by Gasteiger charge is 2.12. The molecule has 0 aliphatic heterocycles. The Morgan fingerprint density at radius 2 is 1.82 bits per heavy atom. The Kier molecular flexibility index (Phi) is 4.42. The van der Waals surface area contributed by atoms with Crippen LogP contribution < -0.4 is 5.32 Å². The first-order valence-corrected chi connectivity index (χ1v) is 7.67. The summed E-state index contributed by atoms with van der Waals surface area (Å²) >= 11 is 2.22. The van der Waals surface area contributed by atoms with Crippen LogP contribution in [0.25, 0.3) is 11.4 Å². The third-order valence-corrected chi connectivity index (χ3v) is 3.70. The topological polar surface area (TPSA) is 72.7 Å². The van der Waals surface area contributed by atoms with Crippen LogP contribution in [0.2, 0.25) is 0 Å². The van der Waals surface area contributed by atoms with Crippen LogP contribution in [0.1, 0.15) is 0 Å². The molecule has 0 aliphatic rings. The van der Waals surface area contributed by atoms with Crippen LogP contribution in [-0.4, -0.2) is 26.1 Å². The van der Waals surface area contributed by atoms with E-state index in [0.717, 1.165) is 14.8 Å². The van der Waals surface area contributed by atoms with Gasteiger partial charge in [0.15, 0.2) is 5.82 Å². The van der Waals surface area contributed by atoms with E-state index in [1.54, 1.807) is 0 Å².